The molecule has 2 heterocycles. The summed E-state index contributed by atoms with van der Waals surface area (Å²) in [5, 5.41) is 13.3. The van der Waals surface area contributed by atoms with Crippen LogP contribution in [0.15, 0.2) is 28.1 Å². The van der Waals surface area contributed by atoms with Crippen LogP contribution in [0.4, 0.5) is 5.82 Å². The van der Waals surface area contributed by atoms with Gasteiger partial charge in [0.2, 0.25) is 0 Å². The first-order valence-corrected chi connectivity index (χ1v) is 7.14. The first-order chi connectivity index (χ1) is 8.65. The summed E-state index contributed by atoms with van der Waals surface area (Å²) < 4.78 is 1.05. The van der Waals surface area contributed by atoms with Crippen molar-refractivity contribution in [2.75, 3.05) is 11.9 Å². The Labute approximate surface area is 118 Å². The zero-order valence-electron chi connectivity index (χ0n) is 9.81. The van der Waals surface area contributed by atoms with Crippen LogP contribution in [-0.4, -0.2) is 22.5 Å². The summed E-state index contributed by atoms with van der Waals surface area (Å²) in [5.74, 6) is 0.853. The zero-order chi connectivity index (χ0) is 13.0. The maximum absolute atomic E-state index is 10.8. The van der Waals surface area contributed by atoms with E-state index in [9.17, 15) is 4.79 Å². The summed E-state index contributed by atoms with van der Waals surface area (Å²) in [6.07, 6.45) is 0.501. The molecule has 0 aliphatic heterocycles. The number of halogens is 1. The second-order valence-corrected chi connectivity index (χ2v) is 5.64. The van der Waals surface area contributed by atoms with E-state index in [-0.39, 0.29) is 5.78 Å². The third kappa shape index (κ3) is 3.61. The lowest BCUT2D eigenvalue weighted by atomic mass is 10.3. The van der Waals surface area contributed by atoms with Crippen molar-refractivity contribution in [2.45, 2.75) is 13.3 Å². The molecule has 0 unspecified atom stereocenters. The maximum Gasteiger partial charge on any atom is 0.148 e. The van der Waals surface area contributed by atoms with Crippen molar-refractivity contribution in [1.29, 1.82) is 0 Å². The van der Waals surface area contributed by atoms with E-state index in [1.165, 1.54) is 0 Å². The number of ketones is 1. The molecule has 0 fully saturated rings. The molecule has 0 bridgehead atoms. The summed E-state index contributed by atoms with van der Waals surface area (Å²) in [6.45, 7) is 2.17. The normalized spacial score (nSPS) is 10.3. The highest BCUT2D eigenvalue weighted by Crippen LogP contribution is 2.28. The van der Waals surface area contributed by atoms with Crippen LogP contribution in [-0.2, 0) is 4.79 Å². The Hall–Kier alpha value is -1.27. The SMILES string of the molecule is CC(=O)CCNc1ccc(-c2cc(Br)cs2)nn1. The van der Waals surface area contributed by atoms with Gasteiger partial charge >= 0.3 is 0 Å². The molecule has 2 rings (SSSR count). The molecule has 2 aromatic rings. The molecule has 0 spiro atoms. The Balaban J connectivity index is 1.99. The number of hydrogen-bond donors (Lipinski definition) is 1. The number of hydrogen-bond acceptors (Lipinski definition) is 5. The summed E-state index contributed by atoms with van der Waals surface area (Å²) in [7, 11) is 0. The molecule has 4 nitrogen and oxygen atoms in total. The van der Waals surface area contributed by atoms with Crippen molar-refractivity contribution < 1.29 is 4.79 Å². The molecular weight excluding hydrogens is 314 g/mol. The van der Waals surface area contributed by atoms with Gasteiger partial charge in [-0.1, -0.05) is 0 Å². The smallest absolute Gasteiger partial charge is 0.148 e. The van der Waals surface area contributed by atoms with Gasteiger partial charge < -0.3 is 5.32 Å². The topological polar surface area (TPSA) is 54.9 Å². The number of nitrogens with one attached hydrogen (secondary N) is 1. The zero-order valence-corrected chi connectivity index (χ0v) is 12.2. The van der Waals surface area contributed by atoms with Gasteiger partial charge in [-0.2, -0.15) is 0 Å². The van der Waals surface area contributed by atoms with Crippen molar-refractivity contribution in [3.63, 3.8) is 0 Å². The van der Waals surface area contributed by atoms with Crippen molar-refractivity contribution >= 4 is 38.9 Å². The highest BCUT2D eigenvalue weighted by molar-refractivity contribution is 9.10. The van der Waals surface area contributed by atoms with E-state index in [1.807, 2.05) is 23.6 Å². The number of thiophene rings is 1. The second kappa shape index (κ2) is 6.06. The first-order valence-electron chi connectivity index (χ1n) is 5.46. The van der Waals surface area contributed by atoms with E-state index in [0.29, 0.717) is 18.8 Å². The van der Waals surface area contributed by atoms with Crippen LogP contribution in [0.2, 0.25) is 0 Å². The van der Waals surface area contributed by atoms with Crippen LogP contribution < -0.4 is 5.32 Å². The van der Waals surface area contributed by atoms with Crippen molar-refractivity contribution in [1.82, 2.24) is 10.2 Å². The summed E-state index contributed by atoms with van der Waals surface area (Å²) in [5.41, 5.74) is 0.850. The van der Waals surface area contributed by atoms with Crippen molar-refractivity contribution in [3.8, 4) is 10.6 Å². The maximum atomic E-state index is 10.8. The van der Waals surface area contributed by atoms with Crippen molar-refractivity contribution in [3.05, 3.63) is 28.1 Å². The molecular formula is C12H12BrN3OS. The summed E-state index contributed by atoms with van der Waals surface area (Å²) >= 11 is 5.03. The lowest BCUT2D eigenvalue weighted by Gasteiger charge is -2.03. The average Bonchev–Trinajstić information content (AvgIpc) is 2.76. The largest absolute Gasteiger partial charge is 0.368 e. The van der Waals surface area contributed by atoms with Crippen LogP contribution in [0.3, 0.4) is 0 Å². The van der Waals surface area contributed by atoms with Gasteiger partial charge in [-0.05, 0) is 41.1 Å². The monoisotopic (exact) mass is 325 g/mol. The minimum Gasteiger partial charge on any atom is -0.368 e. The number of anilines is 1. The predicted octanol–water partition coefficient (Wildman–Crippen LogP) is 3.36. The molecule has 1 N–H and O–H groups in total. The Morgan fingerprint density at radius 3 is 2.83 bits per heavy atom. The molecule has 2 aromatic heterocycles. The molecule has 94 valence electrons. The third-order valence-corrected chi connectivity index (χ3v) is 3.98. The van der Waals surface area contributed by atoms with Gasteiger partial charge in [0.15, 0.2) is 0 Å². The van der Waals surface area contributed by atoms with Crippen LogP contribution in [0.25, 0.3) is 10.6 Å². The minimum absolute atomic E-state index is 0.163. The first kappa shape index (κ1) is 13.2. The molecule has 0 aliphatic rings. The Kier molecular flexibility index (Phi) is 4.43. The van der Waals surface area contributed by atoms with E-state index in [2.05, 4.69) is 31.4 Å². The lowest BCUT2D eigenvalue weighted by Crippen LogP contribution is -2.07. The highest BCUT2D eigenvalue weighted by Gasteiger charge is 2.04. The number of aromatic nitrogens is 2. The Morgan fingerprint density at radius 1 is 1.44 bits per heavy atom. The fraction of sp³-hybridized carbons (Fsp3) is 0.250. The van der Waals surface area contributed by atoms with E-state index in [0.717, 1.165) is 15.0 Å². The van der Waals surface area contributed by atoms with Gasteiger partial charge in [0.05, 0.1) is 4.88 Å². The number of rotatable bonds is 5. The standard InChI is InChI=1S/C12H12BrN3OS/c1-8(17)4-5-14-12-3-2-10(15-16-12)11-6-9(13)7-18-11/h2-3,6-7H,4-5H2,1H3,(H,14,16). The van der Waals surface area contributed by atoms with Crippen LogP contribution in [0.1, 0.15) is 13.3 Å². The molecule has 0 aliphatic carbocycles. The van der Waals surface area contributed by atoms with E-state index >= 15 is 0 Å². The quantitative estimate of drug-likeness (QED) is 0.915. The molecule has 0 aromatic carbocycles. The fourth-order valence-electron chi connectivity index (χ4n) is 1.37. The van der Waals surface area contributed by atoms with Gasteiger partial charge in [0, 0.05) is 22.8 Å². The van der Waals surface area contributed by atoms with Gasteiger partial charge in [-0.25, -0.2) is 0 Å². The fourth-order valence-corrected chi connectivity index (χ4v) is 2.76. The van der Waals surface area contributed by atoms with Gasteiger partial charge in [0.25, 0.3) is 0 Å². The van der Waals surface area contributed by atoms with E-state index in [4.69, 9.17) is 0 Å². The predicted molar refractivity (Wildman–Crippen MR) is 76.8 cm³/mol. The molecule has 0 saturated carbocycles. The van der Waals surface area contributed by atoms with Crippen LogP contribution >= 0.6 is 27.3 Å². The Bertz CT molecular complexity index is 539. The van der Waals surface area contributed by atoms with Gasteiger partial charge in [0.1, 0.15) is 17.3 Å². The molecule has 6 heteroatoms. The third-order valence-electron chi connectivity index (χ3n) is 2.27. The lowest BCUT2D eigenvalue weighted by molar-refractivity contribution is -0.116. The molecule has 0 radical (unpaired) electrons. The van der Waals surface area contributed by atoms with E-state index in [1.54, 1.807) is 18.3 Å². The number of nitrogens with zero attached hydrogens (tertiary/aromatic N) is 2. The van der Waals surface area contributed by atoms with E-state index < -0.39 is 0 Å². The number of carbonyl (C=O) groups is 1. The van der Waals surface area contributed by atoms with Gasteiger partial charge in [-0.15, -0.1) is 21.5 Å². The molecule has 0 atom stereocenters. The van der Waals surface area contributed by atoms with Crippen LogP contribution in [0.5, 0.6) is 0 Å². The highest BCUT2D eigenvalue weighted by atomic mass is 79.9. The van der Waals surface area contributed by atoms with Crippen LogP contribution in [0, 0.1) is 0 Å². The average molecular weight is 326 g/mol. The number of Topliss-reactive ketones (excluding diaryl/α,β-unsaturated/α-hetero) is 1. The molecule has 0 amide bonds. The number of carbonyl (C=O) groups excluding carboxylic acids is 1. The summed E-state index contributed by atoms with van der Waals surface area (Å²) in [6, 6.07) is 5.80. The molecule has 18 heavy (non-hydrogen) atoms. The minimum atomic E-state index is 0.163. The van der Waals surface area contributed by atoms with Gasteiger partial charge in [-0.3, -0.25) is 4.79 Å². The summed E-state index contributed by atoms with van der Waals surface area (Å²) in [4.78, 5) is 11.9. The second-order valence-electron chi connectivity index (χ2n) is 3.81. The Morgan fingerprint density at radius 2 is 2.28 bits per heavy atom. The molecule has 0 saturated heterocycles. The van der Waals surface area contributed by atoms with Crippen molar-refractivity contribution in [2.24, 2.45) is 0 Å².